The first kappa shape index (κ1) is 18.6. The van der Waals surface area contributed by atoms with E-state index < -0.39 is 0 Å². The number of halogens is 1. The molecule has 0 spiro atoms. The van der Waals surface area contributed by atoms with Gasteiger partial charge in [0.25, 0.3) is 0 Å². The summed E-state index contributed by atoms with van der Waals surface area (Å²) in [5, 5.41) is 5.26. The molecule has 0 radical (unpaired) electrons. The lowest BCUT2D eigenvalue weighted by Crippen LogP contribution is -2.40. The monoisotopic (exact) mass is 397 g/mol. The lowest BCUT2D eigenvalue weighted by atomic mass is 9.91. The number of benzene rings is 1. The van der Waals surface area contributed by atoms with E-state index in [0.29, 0.717) is 23.9 Å². The highest BCUT2D eigenvalue weighted by atomic mass is 32.1. The van der Waals surface area contributed by atoms with Gasteiger partial charge in [0.2, 0.25) is 5.91 Å². The summed E-state index contributed by atoms with van der Waals surface area (Å²) in [6.07, 6.45) is 6.90. The minimum Gasteiger partial charge on any atom is -0.301 e. The first-order valence-corrected chi connectivity index (χ1v) is 10.1. The molecule has 0 aliphatic carbocycles. The van der Waals surface area contributed by atoms with Crippen LogP contribution < -0.4 is 5.32 Å². The Morgan fingerprint density at radius 1 is 1.25 bits per heavy atom. The molecule has 1 N–H and O–H groups in total. The van der Waals surface area contributed by atoms with Crippen LogP contribution in [0.1, 0.15) is 24.5 Å². The number of rotatable bonds is 5. The Balaban J connectivity index is 1.48. The Morgan fingerprint density at radius 2 is 2.14 bits per heavy atom. The molecule has 1 aliphatic heterocycles. The Morgan fingerprint density at radius 3 is 2.96 bits per heavy atom. The molecular formula is C20H20FN5OS. The third-order valence-electron chi connectivity index (χ3n) is 4.76. The zero-order valence-corrected chi connectivity index (χ0v) is 16.0. The number of aromatic nitrogens is 3. The molecule has 0 bridgehead atoms. The normalized spacial score (nSPS) is 17.4. The van der Waals surface area contributed by atoms with Gasteiger partial charge in [-0.3, -0.25) is 19.7 Å². The van der Waals surface area contributed by atoms with E-state index in [-0.39, 0.29) is 17.6 Å². The topological polar surface area (TPSA) is 71.0 Å². The van der Waals surface area contributed by atoms with Gasteiger partial charge in [0.1, 0.15) is 5.82 Å². The van der Waals surface area contributed by atoms with Gasteiger partial charge >= 0.3 is 0 Å². The number of amides is 1. The summed E-state index contributed by atoms with van der Waals surface area (Å²) >= 11 is 1.40. The van der Waals surface area contributed by atoms with Crippen molar-refractivity contribution in [1.29, 1.82) is 0 Å². The van der Waals surface area contributed by atoms with Crippen LogP contribution in [-0.2, 0) is 4.79 Å². The minimum absolute atomic E-state index is 0.0694. The predicted molar refractivity (Wildman–Crippen MR) is 107 cm³/mol. The molecule has 1 saturated heterocycles. The Labute approximate surface area is 166 Å². The summed E-state index contributed by atoms with van der Waals surface area (Å²) in [6, 6.07) is 6.43. The first-order chi connectivity index (χ1) is 13.7. The molecule has 144 valence electrons. The number of carbonyl (C=O) groups is 1. The number of carbonyl (C=O) groups excluding carboxylic acids is 1. The second kappa shape index (κ2) is 8.53. The summed E-state index contributed by atoms with van der Waals surface area (Å²) in [6.45, 7) is 1.88. The van der Waals surface area contributed by atoms with Gasteiger partial charge in [0, 0.05) is 42.0 Å². The fourth-order valence-electron chi connectivity index (χ4n) is 3.58. The lowest BCUT2D eigenvalue weighted by Gasteiger charge is -2.32. The van der Waals surface area contributed by atoms with Crippen LogP contribution in [0.5, 0.6) is 0 Å². The summed E-state index contributed by atoms with van der Waals surface area (Å²) in [7, 11) is 0. The molecule has 3 heterocycles. The molecule has 2 aromatic heterocycles. The highest BCUT2D eigenvalue weighted by molar-refractivity contribution is 7.13. The SMILES string of the molecule is O=C(CN1CCC[C@H](c2nccnc2-c2cccc(F)c2)C1)Nc1nccs1. The Bertz CT molecular complexity index is 949. The standard InChI is InChI=1S/C20H20FN5OS/c21-16-5-1-3-14(11-16)18-19(23-7-6-22-18)15-4-2-9-26(12-15)13-17(27)25-20-24-8-10-28-20/h1,3,5-8,10-11,15H,2,4,9,12-13H2,(H,24,25,27)/t15-/m0/s1. The van der Waals surface area contributed by atoms with Crippen LogP contribution in [0.15, 0.2) is 48.2 Å². The van der Waals surface area contributed by atoms with E-state index in [4.69, 9.17) is 0 Å². The van der Waals surface area contributed by atoms with Crippen molar-refractivity contribution in [1.82, 2.24) is 19.9 Å². The van der Waals surface area contributed by atoms with Crippen molar-refractivity contribution in [2.45, 2.75) is 18.8 Å². The van der Waals surface area contributed by atoms with Crippen LogP contribution in [-0.4, -0.2) is 45.4 Å². The summed E-state index contributed by atoms with van der Waals surface area (Å²) < 4.78 is 13.7. The zero-order valence-electron chi connectivity index (χ0n) is 15.2. The molecule has 1 amide bonds. The molecule has 1 atom stereocenters. The molecule has 8 heteroatoms. The lowest BCUT2D eigenvalue weighted by molar-refractivity contribution is -0.117. The number of anilines is 1. The molecule has 1 aromatic carbocycles. The minimum atomic E-state index is -0.293. The van der Waals surface area contributed by atoms with Gasteiger partial charge in [0.05, 0.1) is 17.9 Å². The number of piperidine rings is 1. The van der Waals surface area contributed by atoms with E-state index in [0.717, 1.165) is 30.6 Å². The van der Waals surface area contributed by atoms with Crippen molar-refractivity contribution in [3.05, 3.63) is 59.7 Å². The third kappa shape index (κ3) is 4.40. The average molecular weight is 397 g/mol. The molecular weight excluding hydrogens is 377 g/mol. The van der Waals surface area contributed by atoms with Crippen molar-refractivity contribution in [2.75, 3.05) is 25.0 Å². The van der Waals surface area contributed by atoms with Crippen LogP contribution in [0.25, 0.3) is 11.3 Å². The molecule has 6 nitrogen and oxygen atoms in total. The van der Waals surface area contributed by atoms with Crippen LogP contribution in [0.2, 0.25) is 0 Å². The zero-order chi connectivity index (χ0) is 19.3. The van der Waals surface area contributed by atoms with E-state index in [1.54, 1.807) is 24.7 Å². The molecule has 0 saturated carbocycles. The second-order valence-electron chi connectivity index (χ2n) is 6.76. The number of thiazole rings is 1. The van der Waals surface area contributed by atoms with Gasteiger partial charge < -0.3 is 5.32 Å². The fraction of sp³-hybridized carbons (Fsp3) is 0.300. The third-order valence-corrected chi connectivity index (χ3v) is 5.45. The highest BCUT2D eigenvalue weighted by Gasteiger charge is 2.26. The molecule has 4 rings (SSSR count). The van der Waals surface area contributed by atoms with Gasteiger partial charge in [-0.25, -0.2) is 9.37 Å². The molecule has 28 heavy (non-hydrogen) atoms. The van der Waals surface area contributed by atoms with Crippen LogP contribution in [0.3, 0.4) is 0 Å². The van der Waals surface area contributed by atoms with Gasteiger partial charge in [0.15, 0.2) is 5.13 Å². The van der Waals surface area contributed by atoms with E-state index >= 15 is 0 Å². The summed E-state index contributed by atoms with van der Waals surface area (Å²) in [4.78, 5) is 27.5. The van der Waals surface area contributed by atoms with Gasteiger partial charge in [-0.2, -0.15) is 0 Å². The number of nitrogens with zero attached hydrogens (tertiary/aromatic N) is 4. The predicted octanol–water partition coefficient (Wildman–Crippen LogP) is 3.56. The van der Waals surface area contributed by atoms with E-state index in [9.17, 15) is 9.18 Å². The average Bonchev–Trinajstić information content (AvgIpc) is 3.21. The summed E-state index contributed by atoms with van der Waals surface area (Å²) in [5.41, 5.74) is 2.29. The van der Waals surface area contributed by atoms with Crippen LogP contribution >= 0.6 is 11.3 Å². The number of hydrogen-bond acceptors (Lipinski definition) is 6. The van der Waals surface area contributed by atoms with E-state index in [2.05, 4.69) is 25.2 Å². The highest BCUT2D eigenvalue weighted by Crippen LogP contribution is 2.31. The van der Waals surface area contributed by atoms with Crippen molar-refractivity contribution < 1.29 is 9.18 Å². The van der Waals surface area contributed by atoms with Crippen molar-refractivity contribution in [2.24, 2.45) is 0 Å². The van der Waals surface area contributed by atoms with Crippen molar-refractivity contribution in [3.63, 3.8) is 0 Å². The maximum Gasteiger partial charge on any atom is 0.240 e. The quantitative estimate of drug-likeness (QED) is 0.713. The van der Waals surface area contributed by atoms with E-state index in [1.165, 1.54) is 23.5 Å². The molecule has 1 aliphatic rings. The second-order valence-corrected chi connectivity index (χ2v) is 7.65. The fourth-order valence-corrected chi connectivity index (χ4v) is 4.12. The van der Waals surface area contributed by atoms with E-state index in [1.807, 2.05) is 11.4 Å². The smallest absolute Gasteiger partial charge is 0.240 e. The van der Waals surface area contributed by atoms with Gasteiger partial charge in [-0.15, -0.1) is 11.3 Å². The maximum atomic E-state index is 13.7. The van der Waals surface area contributed by atoms with Gasteiger partial charge in [-0.1, -0.05) is 12.1 Å². The van der Waals surface area contributed by atoms with Crippen LogP contribution in [0, 0.1) is 5.82 Å². The summed E-state index contributed by atoms with van der Waals surface area (Å²) in [5.74, 6) is -0.216. The number of likely N-dealkylation sites (tertiary alicyclic amines) is 1. The van der Waals surface area contributed by atoms with Crippen molar-refractivity contribution in [3.8, 4) is 11.3 Å². The van der Waals surface area contributed by atoms with Gasteiger partial charge in [-0.05, 0) is 31.5 Å². The van der Waals surface area contributed by atoms with Crippen LogP contribution in [0.4, 0.5) is 9.52 Å². The molecule has 3 aromatic rings. The maximum absolute atomic E-state index is 13.7. The Hall–Kier alpha value is -2.71. The first-order valence-electron chi connectivity index (χ1n) is 9.17. The molecule has 1 fully saturated rings. The Kier molecular flexibility index (Phi) is 5.68. The number of nitrogens with one attached hydrogen (secondary N) is 1. The largest absolute Gasteiger partial charge is 0.301 e. The van der Waals surface area contributed by atoms with Crippen molar-refractivity contribution >= 4 is 22.4 Å². The number of hydrogen-bond donors (Lipinski definition) is 1. The molecule has 0 unspecified atom stereocenters.